The Morgan fingerprint density at radius 2 is 1.60 bits per heavy atom. The Morgan fingerprint density at radius 1 is 1.15 bits per heavy atom. The first-order valence-electron chi connectivity index (χ1n) is 6.14. The molecule has 0 aromatic heterocycles. The van der Waals surface area contributed by atoms with Crippen molar-refractivity contribution in [3.63, 3.8) is 0 Å². The highest BCUT2D eigenvalue weighted by Gasteiger charge is 2.32. The number of hydrogen-bond donors (Lipinski definition) is 1. The summed E-state index contributed by atoms with van der Waals surface area (Å²) in [5, 5.41) is 8.31. The maximum atomic E-state index is 10.6. The Hall–Kier alpha value is -1.71. The van der Waals surface area contributed by atoms with Gasteiger partial charge in [0, 0.05) is 12.8 Å². The standard InChI is InChI=1S/C6H10O3.C5H5NO5/c1(5-3-8-5)7-2-6-4-9-6;7-3-1-2-4(8)6(3)11-5(9)10/h5-6H,1-4H2;1-2H2,(H,9,10). The molecule has 0 bridgehead atoms. The highest BCUT2D eigenvalue weighted by molar-refractivity contribution is 6.01. The summed E-state index contributed by atoms with van der Waals surface area (Å²) in [4.78, 5) is 35.0. The van der Waals surface area contributed by atoms with Gasteiger partial charge in [-0.3, -0.25) is 14.4 Å². The highest BCUT2D eigenvalue weighted by Crippen LogP contribution is 2.12. The largest absolute Gasteiger partial charge is 0.531 e. The number of imide groups is 1. The van der Waals surface area contributed by atoms with Crippen LogP contribution >= 0.6 is 0 Å². The first-order valence-corrected chi connectivity index (χ1v) is 6.14. The van der Waals surface area contributed by atoms with Gasteiger partial charge in [0.1, 0.15) is 12.2 Å². The number of rotatable bonds is 5. The van der Waals surface area contributed by atoms with Crippen molar-refractivity contribution in [2.75, 3.05) is 26.4 Å². The van der Waals surface area contributed by atoms with Gasteiger partial charge in [-0.15, -0.1) is 0 Å². The molecular weight excluding hydrogens is 274 g/mol. The molecule has 3 saturated heterocycles. The zero-order valence-corrected chi connectivity index (χ0v) is 10.6. The van der Waals surface area contributed by atoms with Gasteiger partial charge in [0.05, 0.1) is 26.4 Å². The summed E-state index contributed by atoms with van der Waals surface area (Å²) >= 11 is 0. The minimum atomic E-state index is -1.66. The van der Waals surface area contributed by atoms with Crippen LogP contribution in [0, 0.1) is 0 Å². The first kappa shape index (κ1) is 14.7. The molecular formula is C11H15NO8. The van der Waals surface area contributed by atoms with Gasteiger partial charge in [-0.2, -0.15) is 0 Å². The summed E-state index contributed by atoms with van der Waals surface area (Å²) in [7, 11) is 0. The number of hydrogen-bond acceptors (Lipinski definition) is 7. The van der Waals surface area contributed by atoms with E-state index in [1.807, 2.05) is 0 Å². The lowest BCUT2D eigenvalue weighted by atomic mass is 10.4. The molecule has 0 aliphatic carbocycles. The third-order valence-corrected chi connectivity index (χ3v) is 2.59. The second-order valence-electron chi connectivity index (χ2n) is 4.39. The van der Waals surface area contributed by atoms with E-state index in [2.05, 4.69) is 4.84 Å². The molecule has 1 N–H and O–H groups in total. The van der Waals surface area contributed by atoms with Crippen molar-refractivity contribution in [2.45, 2.75) is 25.0 Å². The number of ether oxygens (including phenoxy) is 3. The molecule has 0 aromatic carbocycles. The predicted molar refractivity (Wildman–Crippen MR) is 60.5 cm³/mol. The Labute approximate surface area is 114 Å². The fraction of sp³-hybridized carbons (Fsp3) is 0.727. The fourth-order valence-electron chi connectivity index (χ4n) is 1.40. The first-order chi connectivity index (χ1) is 9.56. The van der Waals surface area contributed by atoms with Gasteiger partial charge in [-0.05, 0) is 0 Å². The van der Waals surface area contributed by atoms with Crippen LogP contribution in [0.25, 0.3) is 0 Å². The number of carboxylic acid groups (broad SMARTS) is 1. The van der Waals surface area contributed by atoms with E-state index in [4.69, 9.17) is 19.3 Å². The number of hydroxylamine groups is 2. The second-order valence-corrected chi connectivity index (χ2v) is 4.39. The topological polar surface area (TPSA) is 118 Å². The van der Waals surface area contributed by atoms with Crippen LogP contribution in [0.3, 0.4) is 0 Å². The van der Waals surface area contributed by atoms with Crippen molar-refractivity contribution in [1.82, 2.24) is 5.06 Å². The van der Waals surface area contributed by atoms with Crippen molar-refractivity contribution < 1.29 is 38.5 Å². The van der Waals surface area contributed by atoms with Gasteiger partial charge < -0.3 is 19.3 Å². The lowest BCUT2D eigenvalue weighted by Crippen LogP contribution is -2.31. The van der Waals surface area contributed by atoms with Gasteiger partial charge in [0.15, 0.2) is 0 Å². The molecule has 0 spiro atoms. The average Bonchev–Trinajstić information content (AvgIpc) is 3.28. The molecule has 0 aromatic rings. The fourth-order valence-corrected chi connectivity index (χ4v) is 1.40. The second kappa shape index (κ2) is 6.64. The van der Waals surface area contributed by atoms with Crippen LogP contribution in [0.4, 0.5) is 4.79 Å². The van der Waals surface area contributed by atoms with Crippen LogP contribution in [0.1, 0.15) is 12.8 Å². The van der Waals surface area contributed by atoms with Crippen LogP contribution in [-0.4, -0.2) is 66.8 Å². The monoisotopic (exact) mass is 289 g/mol. The van der Waals surface area contributed by atoms with Crippen LogP contribution in [0.2, 0.25) is 0 Å². The van der Waals surface area contributed by atoms with Gasteiger partial charge in [0.2, 0.25) is 0 Å². The third kappa shape index (κ3) is 5.11. The van der Waals surface area contributed by atoms with Crippen molar-refractivity contribution in [3.8, 4) is 0 Å². The minimum Gasteiger partial charge on any atom is -0.448 e. The van der Waals surface area contributed by atoms with Gasteiger partial charge >= 0.3 is 6.16 Å². The number of carbonyl (C=O) groups is 3. The molecule has 3 fully saturated rings. The molecule has 2 unspecified atom stereocenters. The molecule has 3 aliphatic heterocycles. The zero-order valence-electron chi connectivity index (χ0n) is 10.6. The lowest BCUT2D eigenvalue weighted by Gasteiger charge is -2.08. The Kier molecular flexibility index (Phi) is 4.88. The SMILES string of the molecule is C(OCC1CO1)C1CO1.O=C(O)ON1C(=O)CCC1=O. The number of nitrogens with zero attached hydrogens (tertiary/aromatic N) is 1. The van der Waals surface area contributed by atoms with E-state index < -0.39 is 18.0 Å². The van der Waals surface area contributed by atoms with Crippen LogP contribution in [0.5, 0.6) is 0 Å². The Balaban J connectivity index is 0.000000149. The molecule has 3 aliphatic rings. The number of epoxide rings is 2. The van der Waals surface area contributed by atoms with E-state index in [1.54, 1.807) is 0 Å². The van der Waals surface area contributed by atoms with E-state index in [1.165, 1.54) is 0 Å². The van der Waals surface area contributed by atoms with Crippen molar-refractivity contribution >= 4 is 18.0 Å². The van der Waals surface area contributed by atoms with E-state index in [0.29, 0.717) is 12.2 Å². The summed E-state index contributed by atoms with van der Waals surface area (Å²) in [6, 6.07) is 0. The molecule has 20 heavy (non-hydrogen) atoms. The minimum absolute atomic E-state index is 0.0200. The van der Waals surface area contributed by atoms with Crippen LogP contribution < -0.4 is 0 Å². The summed E-state index contributed by atoms with van der Waals surface area (Å²) < 4.78 is 15.1. The predicted octanol–water partition coefficient (Wildman–Crippen LogP) is -0.454. The Morgan fingerprint density at radius 3 is 1.95 bits per heavy atom. The zero-order chi connectivity index (χ0) is 14.5. The smallest absolute Gasteiger partial charge is 0.448 e. The summed E-state index contributed by atoms with van der Waals surface area (Å²) in [5.74, 6) is -1.23. The van der Waals surface area contributed by atoms with Gasteiger partial charge in [-0.25, -0.2) is 4.79 Å². The molecule has 0 radical (unpaired) electrons. The van der Waals surface area contributed by atoms with Gasteiger partial charge in [0.25, 0.3) is 11.8 Å². The van der Waals surface area contributed by atoms with Crippen molar-refractivity contribution in [3.05, 3.63) is 0 Å². The molecule has 112 valence electrons. The van der Waals surface area contributed by atoms with Crippen LogP contribution in [0.15, 0.2) is 0 Å². The van der Waals surface area contributed by atoms with Crippen LogP contribution in [-0.2, 0) is 28.6 Å². The van der Waals surface area contributed by atoms with E-state index >= 15 is 0 Å². The molecule has 9 heteroatoms. The molecule has 9 nitrogen and oxygen atoms in total. The third-order valence-electron chi connectivity index (χ3n) is 2.59. The van der Waals surface area contributed by atoms with E-state index in [-0.39, 0.29) is 17.9 Å². The van der Waals surface area contributed by atoms with Crippen molar-refractivity contribution in [2.24, 2.45) is 0 Å². The van der Waals surface area contributed by atoms with E-state index in [0.717, 1.165) is 26.4 Å². The maximum absolute atomic E-state index is 10.6. The number of carbonyl (C=O) groups excluding carboxylic acids is 2. The van der Waals surface area contributed by atoms with Gasteiger partial charge in [-0.1, -0.05) is 5.06 Å². The molecule has 2 amide bonds. The average molecular weight is 289 g/mol. The lowest BCUT2D eigenvalue weighted by molar-refractivity contribution is -0.175. The maximum Gasteiger partial charge on any atom is 0.531 e. The Bertz CT molecular complexity index is 362. The molecule has 3 heterocycles. The molecule has 2 atom stereocenters. The van der Waals surface area contributed by atoms with Crippen molar-refractivity contribution in [1.29, 1.82) is 0 Å². The molecule has 3 rings (SSSR count). The quantitative estimate of drug-likeness (QED) is 0.534. The number of amides is 2. The summed E-state index contributed by atoms with van der Waals surface area (Å²) in [6.07, 6.45) is -0.834. The molecule has 0 saturated carbocycles. The highest BCUT2D eigenvalue weighted by atomic mass is 16.8. The van der Waals surface area contributed by atoms with E-state index in [9.17, 15) is 14.4 Å². The normalized spacial score (nSPS) is 26.9. The summed E-state index contributed by atoms with van der Waals surface area (Å²) in [5.41, 5.74) is 0. The summed E-state index contributed by atoms with van der Waals surface area (Å²) in [6.45, 7) is 3.26.